The zero-order chi connectivity index (χ0) is 14.4. The number of non-ortho nitro benzene ring substituents is 1. The summed E-state index contributed by atoms with van der Waals surface area (Å²) in [6, 6.07) is 5.14. The van der Waals surface area contributed by atoms with E-state index in [2.05, 4.69) is 5.32 Å². The van der Waals surface area contributed by atoms with Crippen LogP contribution in [0.3, 0.4) is 0 Å². The van der Waals surface area contributed by atoms with Crippen LogP contribution in [0.1, 0.15) is 16.8 Å². The molecule has 0 aliphatic heterocycles. The Kier molecular flexibility index (Phi) is 4.95. The number of amides is 1. The van der Waals surface area contributed by atoms with Gasteiger partial charge in [0, 0.05) is 30.7 Å². The fraction of sp³-hybridized carbons (Fsp3) is 0.273. The van der Waals surface area contributed by atoms with Crippen LogP contribution in [-0.4, -0.2) is 39.7 Å². The van der Waals surface area contributed by atoms with Crippen molar-refractivity contribution in [3.05, 3.63) is 39.9 Å². The lowest BCUT2D eigenvalue weighted by atomic mass is 10.2. The summed E-state index contributed by atoms with van der Waals surface area (Å²) in [4.78, 5) is 31.8. The lowest BCUT2D eigenvalue weighted by molar-refractivity contribution is -0.384. The van der Waals surface area contributed by atoms with E-state index in [1.165, 1.54) is 18.2 Å². The van der Waals surface area contributed by atoms with Crippen molar-refractivity contribution in [2.75, 3.05) is 6.54 Å². The topological polar surface area (TPSA) is 130 Å². The third-order valence-electron chi connectivity index (χ3n) is 2.31. The number of carboxylic acid groups (broad SMARTS) is 1. The van der Waals surface area contributed by atoms with Crippen LogP contribution in [-0.2, 0) is 4.79 Å². The van der Waals surface area contributed by atoms with Gasteiger partial charge in [0.1, 0.15) is 0 Å². The molecule has 1 aromatic rings. The molecule has 0 saturated carbocycles. The van der Waals surface area contributed by atoms with Crippen molar-refractivity contribution in [3.8, 4) is 0 Å². The fourth-order valence-corrected chi connectivity index (χ4v) is 1.31. The van der Waals surface area contributed by atoms with Gasteiger partial charge in [-0.15, -0.1) is 0 Å². The second-order valence-corrected chi connectivity index (χ2v) is 3.71. The van der Waals surface area contributed by atoms with Crippen LogP contribution in [0.4, 0.5) is 5.69 Å². The number of aliphatic hydroxyl groups excluding tert-OH is 1. The number of carbonyl (C=O) groups is 2. The molecular formula is C11H12N2O6. The number of nitrogens with one attached hydrogen (secondary N) is 1. The first-order valence-corrected chi connectivity index (χ1v) is 5.35. The molecule has 1 rings (SSSR count). The number of nitro benzene ring substituents is 1. The average molecular weight is 268 g/mol. The maximum Gasteiger partial charge on any atom is 0.332 e. The van der Waals surface area contributed by atoms with E-state index in [0.29, 0.717) is 0 Å². The largest absolute Gasteiger partial charge is 0.479 e. The van der Waals surface area contributed by atoms with E-state index in [0.717, 1.165) is 6.07 Å². The Morgan fingerprint density at radius 1 is 1.42 bits per heavy atom. The average Bonchev–Trinajstić information content (AvgIpc) is 2.38. The standard InChI is InChI=1S/C11H12N2O6/c14-9(11(16)17)4-5-12-10(15)7-2-1-3-8(6-7)13(18)19/h1-3,6,9,14H,4-5H2,(H,12,15)(H,16,17). The van der Waals surface area contributed by atoms with Crippen LogP contribution in [0, 0.1) is 10.1 Å². The van der Waals surface area contributed by atoms with Gasteiger partial charge in [0.2, 0.25) is 0 Å². The number of nitrogens with zero attached hydrogens (tertiary/aromatic N) is 1. The Morgan fingerprint density at radius 3 is 2.68 bits per heavy atom. The first-order chi connectivity index (χ1) is 8.91. The first-order valence-electron chi connectivity index (χ1n) is 5.35. The highest BCUT2D eigenvalue weighted by atomic mass is 16.6. The highest BCUT2D eigenvalue weighted by molar-refractivity contribution is 5.94. The molecule has 0 spiro atoms. The van der Waals surface area contributed by atoms with Crippen molar-refractivity contribution in [3.63, 3.8) is 0 Å². The van der Waals surface area contributed by atoms with Gasteiger partial charge < -0.3 is 15.5 Å². The van der Waals surface area contributed by atoms with Gasteiger partial charge in [-0.1, -0.05) is 6.07 Å². The predicted octanol–water partition coefficient (Wildman–Crippen LogP) is 0.160. The third kappa shape index (κ3) is 4.36. The van der Waals surface area contributed by atoms with E-state index in [-0.39, 0.29) is 24.2 Å². The van der Waals surface area contributed by atoms with Crippen molar-refractivity contribution >= 4 is 17.6 Å². The van der Waals surface area contributed by atoms with Gasteiger partial charge in [-0.3, -0.25) is 14.9 Å². The summed E-state index contributed by atoms with van der Waals surface area (Å²) >= 11 is 0. The molecule has 0 radical (unpaired) electrons. The SMILES string of the molecule is O=C(NCCC(O)C(=O)O)c1cccc([N+](=O)[O-])c1. The molecule has 0 aliphatic rings. The van der Waals surface area contributed by atoms with E-state index in [1.54, 1.807) is 0 Å². The molecule has 1 atom stereocenters. The summed E-state index contributed by atoms with van der Waals surface area (Å²) in [5, 5.41) is 30.3. The number of hydrogen-bond acceptors (Lipinski definition) is 5. The normalized spacial score (nSPS) is 11.6. The lowest BCUT2D eigenvalue weighted by Crippen LogP contribution is -2.30. The Morgan fingerprint density at radius 2 is 2.11 bits per heavy atom. The highest BCUT2D eigenvalue weighted by Crippen LogP contribution is 2.12. The van der Waals surface area contributed by atoms with E-state index in [4.69, 9.17) is 10.2 Å². The lowest BCUT2D eigenvalue weighted by Gasteiger charge is -2.07. The van der Waals surface area contributed by atoms with E-state index in [1.807, 2.05) is 0 Å². The molecular weight excluding hydrogens is 256 g/mol. The Bertz CT molecular complexity index is 502. The Labute approximate surface area is 107 Å². The molecule has 1 unspecified atom stereocenters. The third-order valence-corrected chi connectivity index (χ3v) is 2.31. The molecule has 8 heteroatoms. The number of aliphatic hydroxyl groups is 1. The van der Waals surface area contributed by atoms with Crippen molar-refractivity contribution in [2.24, 2.45) is 0 Å². The van der Waals surface area contributed by atoms with Gasteiger partial charge in [0.25, 0.3) is 11.6 Å². The van der Waals surface area contributed by atoms with Crippen LogP contribution in [0.15, 0.2) is 24.3 Å². The zero-order valence-electron chi connectivity index (χ0n) is 9.78. The molecule has 0 aliphatic carbocycles. The van der Waals surface area contributed by atoms with E-state index < -0.39 is 22.9 Å². The van der Waals surface area contributed by atoms with Crippen LogP contribution in [0.2, 0.25) is 0 Å². The number of nitro groups is 1. The van der Waals surface area contributed by atoms with Gasteiger partial charge in [-0.25, -0.2) is 4.79 Å². The number of benzene rings is 1. The van der Waals surface area contributed by atoms with Crippen molar-refractivity contribution in [1.82, 2.24) is 5.32 Å². The molecule has 8 nitrogen and oxygen atoms in total. The number of carboxylic acids is 1. The van der Waals surface area contributed by atoms with Crippen LogP contribution in [0.5, 0.6) is 0 Å². The number of hydrogen-bond donors (Lipinski definition) is 3. The Hall–Kier alpha value is -2.48. The second kappa shape index (κ2) is 6.45. The summed E-state index contributed by atoms with van der Waals surface area (Å²) in [7, 11) is 0. The summed E-state index contributed by atoms with van der Waals surface area (Å²) in [5.41, 5.74) is -0.114. The molecule has 0 heterocycles. The number of aliphatic carboxylic acids is 1. The minimum atomic E-state index is -1.55. The van der Waals surface area contributed by atoms with E-state index >= 15 is 0 Å². The molecule has 1 amide bonds. The summed E-state index contributed by atoms with van der Waals surface area (Å²) < 4.78 is 0. The Balaban J connectivity index is 2.56. The van der Waals surface area contributed by atoms with Gasteiger partial charge in [-0.2, -0.15) is 0 Å². The quantitative estimate of drug-likeness (QED) is 0.497. The van der Waals surface area contributed by atoms with E-state index in [9.17, 15) is 19.7 Å². The van der Waals surface area contributed by atoms with Crippen LogP contribution in [0.25, 0.3) is 0 Å². The van der Waals surface area contributed by atoms with Crippen molar-refractivity contribution < 1.29 is 24.7 Å². The molecule has 0 saturated heterocycles. The number of rotatable bonds is 6. The van der Waals surface area contributed by atoms with Gasteiger partial charge in [-0.05, 0) is 6.07 Å². The summed E-state index contributed by atoms with van der Waals surface area (Å²) in [6.45, 7) is -0.0466. The smallest absolute Gasteiger partial charge is 0.332 e. The number of carbonyl (C=O) groups excluding carboxylic acids is 1. The molecule has 0 bridgehead atoms. The van der Waals surface area contributed by atoms with Crippen LogP contribution >= 0.6 is 0 Å². The monoisotopic (exact) mass is 268 g/mol. The molecule has 0 aromatic heterocycles. The van der Waals surface area contributed by atoms with Gasteiger partial charge >= 0.3 is 5.97 Å². The highest BCUT2D eigenvalue weighted by Gasteiger charge is 2.14. The second-order valence-electron chi connectivity index (χ2n) is 3.71. The maximum atomic E-state index is 11.6. The van der Waals surface area contributed by atoms with Crippen LogP contribution < -0.4 is 5.32 Å². The molecule has 102 valence electrons. The van der Waals surface area contributed by atoms with Crippen molar-refractivity contribution in [1.29, 1.82) is 0 Å². The van der Waals surface area contributed by atoms with Gasteiger partial charge in [0.05, 0.1) is 4.92 Å². The molecule has 0 fully saturated rings. The minimum Gasteiger partial charge on any atom is -0.479 e. The fourth-order valence-electron chi connectivity index (χ4n) is 1.31. The first kappa shape index (κ1) is 14.6. The predicted molar refractivity (Wildman–Crippen MR) is 63.7 cm³/mol. The van der Waals surface area contributed by atoms with Crippen molar-refractivity contribution in [2.45, 2.75) is 12.5 Å². The molecule has 1 aromatic carbocycles. The summed E-state index contributed by atoms with van der Waals surface area (Å²) in [6.07, 6.45) is -1.69. The maximum absolute atomic E-state index is 11.6. The molecule has 3 N–H and O–H groups in total. The molecule has 19 heavy (non-hydrogen) atoms. The zero-order valence-corrected chi connectivity index (χ0v) is 9.78. The minimum absolute atomic E-state index is 0.0466. The van der Waals surface area contributed by atoms with Gasteiger partial charge in [0.15, 0.2) is 6.10 Å². The summed E-state index contributed by atoms with van der Waals surface area (Å²) in [5.74, 6) is -1.94.